The maximum absolute atomic E-state index is 12.2. The first-order valence-electron chi connectivity index (χ1n) is 7.12. The first-order chi connectivity index (χ1) is 11.5. The van der Waals surface area contributed by atoms with Crippen molar-refractivity contribution >= 4 is 40.6 Å². The second kappa shape index (κ2) is 6.71. The lowest BCUT2D eigenvalue weighted by atomic mass is 10.1. The molecule has 1 aliphatic rings. The molecule has 0 fully saturated rings. The van der Waals surface area contributed by atoms with Crippen LogP contribution in [0, 0.1) is 10.1 Å². The van der Waals surface area contributed by atoms with E-state index in [-0.39, 0.29) is 23.9 Å². The molecule has 1 heterocycles. The van der Waals surface area contributed by atoms with Crippen LogP contribution < -0.4 is 10.6 Å². The van der Waals surface area contributed by atoms with Gasteiger partial charge in [0.25, 0.3) is 5.69 Å². The number of rotatable bonds is 4. The van der Waals surface area contributed by atoms with Crippen LogP contribution >= 0.6 is 11.8 Å². The molecule has 2 amide bonds. The number of carbonyl (C=O) groups excluding carboxylic acids is 2. The molecule has 0 atom stereocenters. The van der Waals surface area contributed by atoms with Crippen LogP contribution in [-0.2, 0) is 16.0 Å². The predicted molar refractivity (Wildman–Crippen MR) is 91.2 cm³/mol. The molecule has 0 aliphatic carbocycles. The van der Waals surface area contributed by atoms with Gasteiger partial charge in [0, 0.05) is 22.2 Å². The second-order valence-electron chi connectivity index (χ2n) is 5.16. The summed E-state index contributed by atoms with van der Waals surface area (Å²) in [5.74, 6) is -0.0777. The number of nitro benzene ring substituents is 1. The largest absolute Gasteiger partial charge is 0.326 e. The average Bonchev–Trinajstić information content (AvgIpc) is 2.54. The summed E-state index contributed by atoms with van der Waals surface area (Å²) in [5, 5.41) is 16.4. The molecule has 0 bridgehead atoms. The Hall–Kier alpha value is -2.87. The maximum atomic E-state index is 12.2. The van der Waals surface area contributed by atoms with Crippen molar-refractivity contribution in [2.75, 3.05) is 16.4 Å². The van der Waals surface area contributed by atoms with Crippen LogP contribution in [-0.4, -0.2) is 22.5 Å². The Morgan fingerprint density at radius 2 is 2.08 bits per heavy atom. The van der Waals surface area contributed by atoms with Gasteiger partial charge in [-0.15, -0.1) is 11.8 Å². The highest BCUT2D eigenvalue weighted by Gasteiger charge is 2.18. The van der Waals surface area contributed by atoms with Crippen molar-refractivity contribution in [3.63, 3.8) is 0 Å². The van der Waals surface area contributed by atoms with Crippen LogP contribution in [0.2, 0.25) is 0 Å². The topological polar surface area (TPSA) is 101 Å². The van der Waals surface area contributed by atoms with Crippen molar-refractivity contribution in [2.45, 2.75) is 11.3 Å². The molecular weight excluding hydrogens is 330 g/mol. The Kier molecular flexibility index (Phi) is 4.48. The fourth-order valence-electron chi connectivity index (χ4n) is 2.38. The standard InChI is InChI=1S/C16H13N3O4S/c20-15(7-10-3-1-2-4-13(10)19(22)23)17-11-5-6-14-12(8-11)18-16(21)9-24-14/h1-6,8H,7,9H2,(H,17,20)(H,18,21). The van der Waals surface area contributed by atoms with Gasteiger partial charge in [0.05, 0.1) is 22.8 Å². The first kappa shape index (κ1) is 16.0. The normalized spacial score (nSPS) is 12.9. The Labute approximate surface area is 141 Å². The highest BCUT2D eigenvalue weighted by atomic mass is 32.2. The highest BCUT2D eigenvalue weighted by Crippen LogP contribution is 2.33. The van der Waals surface area contributed by atoms with Gasteiger partial charge in [-0.1, -0.05) is 18.2 Å². The van der Waals surface area contributed by atoms with E-state index < -0.39 is 4.92 Å². The minimum Gasteiger partial charge on any atom is -0.326 e. The maximum Gasteiger partial charge on any atom is 0.273 e. The van der Waals surface area contributed by atoms with Gasteiger partial charge in [0.2, 0.25) is 11.8 Å². The third kappa shape index (κ3) is 3.54. The number of fused-ring (bicyclic) bond motifs is 1. The van der Waals surface area contributed by atoms with E-state index in [9.17, 15) is 19.7 Å². The van der Waals surface area contributed by atoms with Gasteiger partial charge >= 0.3 is 0 Å². The third-order valence-corrected chi connectivity index (χ3v) is 4.51. The van der Waals surface area contributed by atoms with Crippen molar-refractivity contribution in [1.29, 1.82) is 0 Å². The Balaban J connectivity index is 1.73. The lowest BCUT2D eigenvalue weighted by Crippen LogP contribution is -2.19. The average molecular weight is 343 g/mol. The molecule has 3 rings (SSSR count). The molecule has 1 aliphatic heterocycles. The number of anilines is 2. The quantitative estimate of drug-likeness (QED) is 0.656. The molecule has 7 nitrogen and oxygen atoms in total. The molecule has 0 saturated carbocycles. The van der Waals surface area contributed by atoms with Gasteiger partial charge in [-0.25, -0.2) is 0 Å². The van der Waals surface area contributed by atoms with E-state index in [0.29, 0.717) is 22.7 Å². The van der Waals surface area contributed by atoms with Gasteiger partial charge in [0.15, 0.2) is 0 Å². The number of carbonyl (C=O) groups is 2. The summed E-state index contributed by atoms with van der Waals surface area (Å²) >= 11 is 1.43. The second-order valence-corrected chi connectivity index (χ2v) is 6.18. The molecule has 2 aromatic rings. The number of hydrogen-bond donors (Lipinski definition) is 2. The number of benzene rings is 2. The highest BCUT2D eigenvalue weighted by molar-refractivity contribution is 8.00. The van der Waals surface area contributed by atoms with E-state index in [1.165, 1.54) is 17.8 Å². The molecule has 0 saturated heterocycles. The Bertz CT molecular complexity index is 838. The van der Waals surface area contributed by atoms with Gasteiger partial charge in [0.1, 0.15) is 0 Å². The lowest BCUT2D eigenvalue weighted by Gasteiger charge is -2.17. The summed E-state index contributed by atoms with van der Waals surface area (Å²) in [6.07, 6.45) is -0.102. The number of amides is 2. The van der Waals surface area contributed by atoms with Gasteiger partial charge in [-0.3, -0.25) is 19.7 Å². The minimum absolute atomic E-state index is 0.0817. The monoisotopic (exact) mass is 343 g/mol. The van der Waals surface area contributed by atoms with E-state index in [2.05, 4.69) is 10.6 Å². The summed E-state index contributed by atoms with van der Waals surface area (Å²) in [7, 11) is 0. The number of hydrogen-bond acceptors (Lipinski definition) is 5. The summed E-state index contributed by atoms with van der Waals surface area (Å²) in [5.41, 5.74) is 1.45. The molecule has 0 radical (unpaired) electrons. The molecule has 0 unspecified atom stereocenters. The van der Waals surface area contributed by atoms with Crippen molar-refractivity contribution in [3.8, 4) is 0 Å². The van der Waals surface area contributed by atoms with Crippen LogP contribution in [0.15, 0.2) is 47.4 Å². The predicted octanol–water partition coefficient (Wildman–Crippen LogP) is 2.82. The van der Waals surface area contributed by atoms with Gasteiger partial charge in [-0.2, -0.15) is 0 Å². The zero-order valence-electron chi connectivity index (χ0n) is 12.4. The first-order valence-corrected chi connectivity index (χ1v) is 8.10. The Morgan fingerprint density at radius 1 is 1.29 bits per heavy atom. The van der Waals surface area contributed by atoms with Crippen molar-refractivity contribution < 1.29 is 14.5 Å². The molecular formula is C16H13N3O4S. The molecule has 2 N–H and O–H groups in total. The van der Waals surface area contributed by atoms with Gasteiger partial charge < -0.3 is 10.6 Å². The SMILES string of the molecule is O=C(Cc1ccccc1[N+](=O)[O-])Nc1ccc2c(c1)NC(=O)CS2. The van der Waals surface area contributed by atoms with Crippen LogP contribution in [0.3, 0.4) is 0 Å². The summed E-state index contributed by atoms with van der Waals surface area (Å²) in [6.45, 7) is 0. The fourth-order valence-corrected chi connectivity index (χ4v) is 3.17. The van der Waals surface area contributed by atoms with E-state index >= 15 is 0 Å². The number of nitrogens with zero attached hydrogens (tertiary/aromatic N) is 1. The summed E-state index contributed by atoms with van der Waals surface area (Å²) in [4.78, 5) is 35.0. The molecule has 24 heavy (non-hydrogen) atoms. The van der Waals surface area contributed by atoms with Crippen LogP contribution in [0.5, 0.6) is 0 Å². The van der Waals surface area contributed by atoms with E-state index in [1.807, 2.05) is 6.07 Å². The van der Waals surface area contributed by atoms with E-state index in [1.54, 1.807) is 30.3 Å². The van der Waals surface area contributed by atoms with Crippen LogP contribution in [0.1, 0.15) is 5.56 Å². The molecule has 2 aromatic carbocycles. The molecule has 0 aromatic heterocycles. The van der Waals surface area contributed by atoms with Crippen LogP contribution in [0.25, 0.3) is 0 Å². The number of nitro groups is 1. The zero-order valence-corrected chi connectivity index (χ0v) is 13.3. The number of thioether (sulfide) groups is 1. The van der Waals surface area contributed by atoms with Gasteiger partial charge in [-0.05, 0) is 18.2 Å². The van der Waals surface area contributed by atoms with Crippen LogP contribution in [0.4, 0.5) is 17.1 Å². The summed E-state index contributed by atoms with van der Waals surface area (Å²) in [6, 6.07) is 11.4. The molecule has 122 valence electrons. The number of nitrogens with one attached hydrogen (secondary N) is 2. The minimum atomic E-state index is -0.506. The number of para-hydroxylation sites is 1. The van der Waals surface area contributed by atoms with E-state index in [4.69, 9.17) is 0 Å². The lowest BCUT2D eigenvalue weighted by molar-refractivity contribution is -0.385. The van der Waals surface area contributed by atoms with E-state index in [0.717, 1.165) is 4.90 Å². The smallest absolute Gasteiger partial charge is 0.273 e. The summed E-state index contributed by atoms with van der Waals surface area (Å²) < 4.78 is 0. The molecule has 8 heteroatoms. The Morgan fingerprint density at radius 3 is 2.88 bits per heavy atom. The molecule has 0 spiro atoms. The van der Waals surface area contributed by atoms with Crippen molar-refractivity contribution in [3.05, 3.63) is 58.1 Å². The fraction of sp³-hybridized carbons (Fsp3) is 0.125. The third-order valence-electron chi connectivity index (χ3n) is 3.44. The van der Waals surface area contributed by atoms with Crippen molar-refractivity contribution in [1.82, 2.24) is 0 Å². The zero-order chi connectivity index (χ0) is 17.1. The van der Waals surface area contributed by atoms with Crippen molar-refractivity contribution in [2.24, 2.45) is 0 Å².